The number of benzene rings is 2. The number of carbonyl (C=O) groups is 1. The van der Waals surface area contributed by atoms with Crippen LogP contribution in [0.3, 0.4) is 0 Å². The van der Waals surface area contributed by atoms with Gasteiger partial charge < -0.3 is 5.32 Å². The summed E-state index contributed by atoms with van der Waals surface area (Å²) in [5.41, 5.74) is 7.25. The molecule has 1 amide bonds. The number of aryl methyl sites for hydroxylation is 1. The minimum atomic E-state index is -0.517. The van der Waals surface area contributed by atoms with E-state index in [0.29, 0.717) is 0 Å². The van der Waals surface area contributed by atoms with Crippen LogP contribution >= 0.6 is 23.8 Å². The van der Waals surface area contributed by atoms with E-state index in [1.165, 1.54) is 23.8 Å². The molecule has 0 heterocycles. The maximum atomic E-state index is 13.7. The summed E-state index contributed by atoms with van der Waals surface area (Å²) >= 11 is 11.0. The van der Waals surface area contributed by atoms with E-state index in [9.17, 15) is 9.18 Å². The zero-order valence-electron chi connectivity index (χ0n) is 14.4. The number of amides is 1. The van der Waals surface area contributed by atoms with Gasteiger partial charge in [-0.25, -0.2) is 4.39 Å². The van der Waals surface area contributed by atoms with Crippen LogP contribution < -0.4 is 16.2 Å². The maximum Gasteiger partial charge on any atom is 0.242 e. The van der Waals surface area contributed by atoms with Gasteiger partial charge in [0, 0.05) is 16.3 Å². The summed E-state index contributed by atoms with van der Waals surface area (Å²) in [5.74, 6) is -0.965. The molecule has 0 aliphatic carbocycles. The third kappa shape index (κ3) is 6.28. The molecule has 0 saturated heterocycles. The van der Waals surface area contributed by atoms with E-state index in [4.69, 9.17) is 23.8 Å². The number of anilines is 1. The zero-order valence-corrected chi connectivity index (χ0v) is 16.0. The lowest BCUT2D eigenvalue weighted by molar-refractivity contribution is -0.121. The molecule has 0 aromatic heterocycles. The van der Waals surface area contributed by atoms with Crippen LogP contribution in [0.5, 0.6) is 0 Å². The highest BCUT2D eigenvalue weighted by atomic mass is 35.5. The molecule has 0 unspecified atom stereocenters. The van der Waals surface area contributed by atoms with Crippen LogP contribution in [0, 0.1) is 5.82 Å². The van der Waals surface area contributed by atoms with Crippen LogP contribution in [0.1, 0.15) is 30.9 Å². The van der Waals surface area contributed by atoms with Crippen molar-refractivity contribution in [3.63, 3.8) is 0 Å². The van der Waals surface area contributed by atoms with Crippen molar-refractivity contribution in [2.45, 2.75) is 32.6 Å². The number of unbranched alkanes of at least 4 members (excludes halogenated alkanes) is 1. The number of nitrogens with one attached hydrogen (secondary N) is 3. The average Bonchev–Trinajstić information content (AvgIpc) is 2.62. The molecule has 26 heavy (non-hydrogen) atoms. The van der Waals surface area contributed by atoms with Gasteiger partial charge in [0.15, 0.2) is 5.11 Å². The minimum absolute atomic E-state index is 0.148. The van der Waals surface area contributed by atoms with E-state index in [2.05, 4.69) is 23.1 Å². The molecule has 0 fully saturated rings. The lowest BCUT2D eigenvalue weighted by Crippen LogP contribution is -2.44. The van der Waals surface area contributed by atoms with E-state index < -0.39 is 11.7 Å². The molecule has 2 rings (SSSR count). The van der Waals surface area contributed by atoms with Crippen molar-refractivity contribution in [1.29, 1.82) is 0 Å². The molecule has 138 valence electrons. The summed E-state index contributed by atoms with van der Waals surface area (Å²) in [5, 5.41) is 3.42. The fourth-order valence-corrected chi connectivity index (χ4v) is 2.73. The number of hydrogen-bond donors (Lipinski definition) is 3. The number of rotatable bonds is 6. The predicted molar refractivity (Wildman–Crippen MR) is 108 cm³/mol. The second-order valence-corrected chi connectivity index (χ2v) is 6.62. The fourth-order valence-electron chi connectivity index (χ4n) is 2.33. The Balaban J connectivity index is 1.80. The molecule has 2 aromatic carbocycles. The van der Waals surface area contributed by atoms with Crippen LogP contribution in [0.4, 0.5) is 10.1 Å². The van der Waals surface area contributed by atoms with Crippen molar-refractivity contribution in [1.82, 2.24) is 10.9 Å². The molecule has 0 aliphatic heterocycles. The summed E-state index contributed by atoms with van der Waals surface area (Å²) in [6.45, 7) is 2.16. The van der Waals surface area contributed by atoms with Crippen molar-refractivity contribution in [2.24, 2.45) is 0 Å². The van der Waals surface area contributed by atoms with Crippen molar-refractivity contribution >= 4 is 40.5 Å². The monoisotopic (exact) mass is 393 g/mol. The van der Waals surface area contributed by atoms with Crippen LogP contribution in [0.15, 0.2) is 42.5 Å². The largest absolute Gasteiger partial charge is 0.331 e. The second-order valence-electron chi connectivity index (χ2n) is 5.80. The van der Waals surface area contributed by atoms with Crippen LogP contribution in [0.2, 0.25) is 5.02 Å². The quantitative estimate of drug-likeness (QED) is 0.503. The molecule has 0 aliphatic rings. The number of thiocarbonyl (C=S) groups is 1. The van der Waals surface area contributed by atoms with Gasteiger partial charge >= 0.3 is 0 Å². The van der Waals surface area contributed by atoms with E-state index in [1.54, 1.807) is 0 Å². The first-order valence-electron chi connectivity index (χ1n) is 8.37. The highest BCUT2D eigenvalue weighted by Gasteiger charge is 2.12. The summed E-state index contributed by atoms with van der Waals surface area (Å²) in [6, 6.07) is 12.2. The van der Waals surface area contributed by atoms with Gasteiger partial charge in [0.25, 0.3) is 0 Å². The van der Waals surface area contributed by atoms with Gasteiger partial charge in [-0.05, 0) is 54.9 Å². The lowest BCUT2D eigenvalue weighted by Gasteiger charge is -2.12. The van der Waals surface area contributed by atoms with Crippen LogP contribution in [-0.2, 0) is 17.6 Å². The summed E-state index contributed by atoms with van der Waals surface area (Å²) in [7, 11) is 0. The zero-order chi connectivity index (χ0) is 18.9. The van der Waals surface area contributed by atoms with Gasteiger partial charge in [0.1, 0.15) is 5.82 Å². The Bertz CT molecular complexity index is 748. The van der Waals surface area contributed by atoms with Gasteiger partial charge in [-0.2, -0.15) is 0 Å². The fraction of sp³-hybridized carbons (Fsp3) is 0.263. The number of hydrogen-bond acceptors (Lipinski definition) is 2. The molecule has 3 N–H and O–H groups in total. The first kappa shape index (κ1) is 20.1. The Morgan fingerprint density at radius 1 is 1.15 bits per heavy atom. The standard InChI is InChI=1S/C19H21ClFN3OS/c1-2-3-5-13-8-10-14(11-9-13)22-19(26)24-23-18(25)12-15-16(20)6-4-7-17(15)21/h4,6-11H,2-3,5,12H2,1H3,(H,23,25)(H2,22,24,26). The van der Waals surface area contributed by atoms with Gasteiger partial charge in [-0.3, -0.25) is 15.6 Å². The molecule has 0 spiro atoms. The van der Waals surface area contributed by atoms with Crippen molar-refractivity contribution in [3.8, 4) is 0 Å². The van der Waals surface area contributed by atoms with Crippen LogP contribution in [0.25, 0.3) is 0 Å². The molecule has 0 saturated carbocycles. The predicted octanol–water partition coefficient (Wildman–Crippen LogP) is 4.38. The first-order valence-corrected chi connectivity index (χ1v) is 9.16. The van der Waals surface area contributed by atoms with E-state index >= 15 is 0 Å². The lowest BCUT2D eigenvalue weighted by atomic mass is 10.1. The third-order valence-electron chi connectivity index (χ3n) is 3.75. The Morgan fingerprint density at radius 2 is 1.88 bits per heavy atom. The minimum Gasteiger partial charge on any atom is -0.331 e. The van der Waals surface area contributed by atoms with Crippen molar-refractivity contribution in [3.05, 3.63) is 64.4 Å². The first-order chi connectivity index (χ1) is 12.5. The molecule has 0 radical (unpaired) electrons. The van der Waals surface area contributed by atoms with Crippen LogP contribution in [-0.4, -0.2) is 11.0 Å². The van der Waals surface area contributed by atoms with Crippen molar-refractivity contribution < 1.29 is 9.18 Å². The Hall–Kier alpha value is -2.18. The molecule has 4 nitrogen and oxygen atoms in total. The van der Waals surface area contributed by atoms with Crippen molar-refractivity contribution in [2.75, 3.05) is 5.32 Å². The number of carbonyl (C=O) groups excluding carboxylic acids is 1. The smallest absolute Gasteiger partial charge is 0.242 e. The maximum absolute atomic E-state index is 13.7. The third-order valence-corrected chi connectivity index (χ3v) is 4.30. The van der Waals surface area contributed by atoms with Gasteiger partial charge in [0.05, 0.1) is 6.42 Å². The second kappa shape index (κ2) is 10.1. The highest BCUT2D eigenvalue weighted by molar-refractivity contribution is 7.80. The van der Waals surface area contributed by atoms with Gasteiger partial charge in [-0.15, -0.1) is 0 Å². The number of halogens is 2. The molecular weight excluding hydrogens is 373 g/mol. The molecule has 0 bridgehead atoms. The summed E-state index contributed by atoms with van der Waals surface area (Å²) in [6.07, 6.45) is 3.18. The van der Waals surface area contributed by atoms with E-state index in [0.717, 1.165) is 24.9 Å². The van der Waals surface area contributed by atoms with Gasteiger partial charge in [-0.1, -0.05) is 43.1 Å². The Kier molecular flexibility index (Phi) is 7.81. The summed E-state index contributed by atoms with van der Waals surface area (Å²) < 4.78 is 13.7. The molecule has 7 heteroatoms. The molecule has 0 atom stereocenters. The molecule has 2 aromatic rings. The highest BCUT2D eigenvalue weighted by Crippen LogP contribution is 2.19. The summed E-state index contributed by atoms with van der Waals surface area (Å²) in [4.78, 5) is 11.9. The SMILES string of the molecule is CCCCc1ccc(NC(=S)NNC(=O)Cc2c(F)cccc2Cl)cc1. The van der Waals surface area contributed by atoms with E-state index in [-0.39, 0.29) is 22.1 Å². The van der Waals surface area contributed by atoms with E-state index in [1.807, 2.05) is 24.3 Å². The Morgan fingerprint density at radius 3 is 2.54 bits per heavy atom. The Labute approximate surface area is 163 Å². The topological polar surface area (TPSA) is 53.2 Å². The number of hydrazine groups is 1. The molecular formula is C19H21ClFN3OS. The normalized spacial score (nSPS) is 10.3. The van der Waals surface area contributed by atoms with Gasteiger partial charge in [0.2, 0.25) is 5.91 Å². The average molecular weight is 394 g/mol.